The summed E-state index contributed by atoms with van der Waals surface area (Å²) in [6.07, 6.45) is 0. The molecule has 0 aliphatic rings. The van der Waals surface area contributed by atoms with Gasteiger partial charge in [0.25, 0.3) is 0 Å². The van der Waals surface area contributed by atoms with E-state index in [1.807, 2.05) is 25.1 Å². The molecule has 0 fully saturated rings. The summed E-state index contributed by atoms with van der Waals surface area (Å²) in [7, 11) is 1.69. The van der Waals surface area contributed by atoms with Crippen LogP contribution >= 0.6 is 11.6 Å². The number of nitrogens with one attached hydrogen (secondary N) is 1. The largest absolute Gasteiger partial charge is 0.380 e. The standard InChI is InChI=1S/C17H21ClN2O/c1-12-3-8-15(9-16(12)18)20-17(10-19)14-6-4-13(5-7-14)11-21-2/h3-9,17,20H,10-11,19H2,1-2H3. The molecular formula is C17H21ClN2O. The molecule has 4 heteroatoms. The lowest BCUT2D eigenvalue weighted by molar-refractivity contribution is 0.185. The van der Waals surface area contributed by atoms with Crippen LogP contribution in [-0.2, 0) is 11.3 Å². The third-order valence-corrected chi connectivity index (χ3v) is 3.85. The fourth-order valence-electron chi connectivity index (χ4n) is 2.18. The van der Waals surface area contributed by atoms with Crippen molar-refractivity contribution in [2.75, 3.05) is 19.0 Å². The van der Waals surface area contributed by atoms with Crippen LogP contribution in [0.25, 0.3) is 0 Å². The Hall–Kier alpha value is -1.55. The van der Waals surface area contributed by atoms with Crippen molar-refractivity contribution >= 4 is 17.3 Å². The van der Waals surface area contributed by atoms with Gasteiger partial charge in [0.15, 0.2) is 0 Å². The molecule has 3 nitrogen and oxygen atoms in total. The molecule has 0 aliphatic heterocycles. The zero-order chi connectivity index (χ0) is 15.2. The molecule has 1 atom stereocenters. The van der Waals surface area contributed by atoms with Crippen LogP contribution < -0.4 is 11.1 Å². The number of benzene rings is 2. The first-order valence-corrected chi connectivity index (χ1v) is 7.32. The molecule has 0 aliphatic carbocycles. The lowest BCUT2D eigenvalue weighted by Gasteiger charge is -2.19. The predicted octanol–water partition coefficient (Wildman–Crippen LogP) is 3.91. The number of rotatable bonds is 6. The van der Waals surface area contributed by atoms with Crippen molar-refractivity contribution in [2.45, 2.75) is 19.6 Å². The molecule has 0 aromatic heterocycles. The minimum absolute atomic E-state index is 0.0559. The van der Waals surface area contributed by atoms with Crippen LogP contribution in [0.4, 0.5) is 5.69 Å². The van der Waals surface area contributed by atoms with Crippen molar-refractivity contribution in [2.24, 2.45) is 5.73 Å². The molecule has 2 aromatic carbocycles. The number of aryl methyl sites for hydroxylation is 1. The summed E-state index contributed by atoms with van der Waals surface area (Å²) < 4.78 is 5.12. The molecular weight excluding hydrogens is 284 g/mol. The van der Waals surface area contributed by atoms with Gasteiger partial charge in [0, 0.05) is 24.4 Å². The molecule has 3 N–H and O–H groups in total. The first kappa shape index (κ1) is 15.8. The van der Waals surface area contributed by atoms with Crippen molar-refractivity contribution < 1.29 is 4.74 Å². The van der Waals surface area contributed by atoms with Gasteiger partial charge >= 0.3 is 0 Å². The van der Waals surface area contributed by atoms with Crippen LogP contribution in [0.3, 0.4) is 0 Å². The second kappa shape index (κ2) is 7.46. The van der Waals surface area contributed by atoms with E-state index in [0.29, 0.717) is 13.2 Å². The number of hydrogen-bond donors (Lipinski definition) is 2. The van der Waals surface area contributed by atoms with Gasteiger partial charge in [0.2, 0.25) is 0 Å². The topological polar surface area (TPSA) is 47.3 Å². The maximum atomic E-state index is 6.16. The van der Waals surface area contributed by atoms with Gasteiger partial charge < -0.3 is 15.8 Å². The lowest BCUT2D eigenvalue weighted by atomic mass is 10.0. The lowest BCUT2D eigenvalue weighted by Crippen LogP contribution is -2.20. The third kappa shape index (κ3) is 4.21. The number of halogens is 1. The van der Waals surface area contributed by atoms with Gasteiger partial charge in [-0.15, -0.1) is 0 Å². The van der Waals surface area contributed by atoms with E-state index >= 15 is 0 Å². The SMILES string of the molecule is COCc1ccc(C(CN)Nc2ccc(C)c(Cl)c2)cc1. The summed E-state index contributed by atoms with van der Waals surface area (Å²) in [5, 5.41) is 4.18. The molecule has 2 aromatic rings. The second-order valence-electron chi connectivity index (χ2n) is 5.07. The van der Waals surface area contributed by atoms with Crippen LogP contribution in [0.15, 0.2) is 42.5 Å². The number of nitrogens with two attached hydrogens (primary N) is 1. The Balaban J connectivity index is 2.13. The van der Waals surface area contributed by atoms with Crippen molar-refractivity contribution in [3.05, 3.63) is 64.2 Å². The highest BCUT2D eigenvalue weighted by molar-refractivity contribution is 6.31. The molecule has 1 unspecified atom stereocenters. The summed E-state index contributed by atoms with van der Waals surface area (Å²) in [5.41, 5.74) is 10.2. The van der Waals surface area contributed by atoms with E-state index in [9.17, 15) is 0 Å². The van der Waals surface area contributed by atoms with Crippen LogP contribution in [-0.4, -0.2) is 13.7 Å². The average Bonchev–Trinajstić information content (AvgIpc) is 2.50. The zero-order valence-corrected chi connectivity index (χ0v) is 13.2. The Kier molecular flexibility index (Phi) is 5.62. The summed E-state index contributed by atoms with van der Waals surface area (Å²) in [4.78, 5) is 0. The van der Waals surface area contributed by atoms with Crippen molar-refractivity contribution in [1.82, 2.24) is 0 Å². The Labute approximate surface area is 131 Å². The first-order valence-electron chi connectivity index (χ1n) is 6.94. The van der Waals surface area contributed by atoms with Gasteiger partial charge in [-0.05, 0) is 35.7 Å². The van der Waals surface area contributed by atoms with E-state index in [1.54, 1.807) is 7.11 Å². The normalized spacial score (nSPS) is 12.2. The number of anilines is 1. The molecule has 2 rings (SSSR count). The smallest absolute Gasteiger partial charge is 0.0713 e. The molecule has 0 saturated carbocycles. The van der Waals surface area contributed by atoms with Gasteiger partial charge in [0.1, 0.15) is 0 Å². The van der Waals surface area contributed by atoms with Crippen molar-refractivity contribution in [3.63, 3.8) is 0 Å². The Bertz CT molecular complexity index is 584. The predicted molar refractivity (Wildman–Crippen MR) is 88.8 cm³/mol. The van der Waals surface area contributed by atoms with Gasteiger partial charge in [-0.1, -0.05) is 41.9 Å². The summed E-state index contributed by atoms with van der Waals surface area (Å²) in [6, 6.07) is 14.3. The molecule has 0 heterocycles. The van der Waals surface area contributed by atoms with E-state index in [1.165, 1.54) is 0 Å². The maximum Gasteiger partial charge on any atom is 0.0713 e. The Morgan fingerprint density at radius 3 is 2.48 bits per heavy atom. The molecule has 0 radical (unpaired) electrons. The average molecular weight is 305 g/mol. The minimum atomic E-state index is 0.0559. The van der Waals surface area contributed by atoms with Gasteiger partial charge in [-0.2, -0.15) is 0 Å². The Morgan fingerprint density at radius 1 is 1.19 bits per heavy atom. The van der Waals surface area contributed by atoms with E-state index < -0.39 is 0 Å². The molecule has 0 saturated heterocycles. The quantitative estimate of drug-likeness (QED) is 0.850. The summed E-state index contributed by atoms with van der Waals surface area (Å²) >= 11 is 6.16. The monoisotopic (exact) mass is 304 g/mol. The zero-order valence-electron chi connectivity index (χ0n) is 12.4. The van der Waals surface area contributed by atoms with Gasteiger partial charge in [-0.25, -0.2) is 0 Å². The third-order valence-electron chi connectivity index (χ3n) is 3.44. The van der Waals surface area contributed by atoms with Crippen LogP contribution in [0, 0.1) is 6.92 Å². The van der Waals surface area contributed by atoms with Gasteiger partial charge in [-0.3, -0.25) is 0 Å². The number of hydrogen-bond acceptors (Lipinski definition) is 3. The van der Waals surface area contributed by atoms with E-state index in [4.69, 9.17) is 22.1 Å². The number of methoxy groups -OCH3 is 1. The van der Waals surface area contributed by atoms with E-state index in [0.717, 1.165) is 27.4 Å². The fourth-order valence-corrected chi connectivity index (χ4v) is 2.36. The molecule has 112 valence electrons. The molecule has 0 bridgehead atoms. The van der Waals surface area contributed by atoms with Crippen molar-refractivity contribution in [1.29, 1.82) is 0 Å². The highest BCUT2D eigenvalue weighted by Crippen LogP contribution is 2.24. The number of ether oxygens (including phenoxy) is 1. The van der Waals surface area contributed by atoms with E-state index in [-0.39, 0.29) is 6.04 Å². The van der Waals surface area contributed by atoms with Gasteiger partial charge in [0.05, 0.1) is 12.6 Å². The minimum Gasteiger partial charge on any atom is -0.380 e. The summed E-state index contributed by atoms with van der Waals surface area (Å²) in [5.74, 6) is 0. The summed E-state index contributed by atoms with van der Waals surface area (Å²) in [6.45, 7) is 3.12. The maximum absolute atomic E-state index is 6.16. The highest BCUT2D eigenvalue weighted by atomic mass is 35.5. The van der Waals surface area contributed by atoms with Crippen LogP contribution in [0.1, 0.15) is 22.7 Å². The van der Waals surface area contributed by atoms with Crippen molar-refractivity contribution in [3.8, 4) is 0 Å². The fraction of sp³-hybridized carbons (Fsp3) is 0.294. The molecule has 0 spiro atoms. The second-order valence-corrected chi connectivity index (χ2v) is 5.48. The molecule has 21 heavy (non-hydrogen) atoms. The first-order chi connectivity index (χ1) is 10.1. The van der Waals surface area contributed by atoms with Crippen LogP contribution in [0.5, 0.6) is 0 Å². The van der Waals surface area contributed by atoms with E-state index in [2.05, 4.69) is 29.6 Å². The highest BCUT2D eigenvalue weighted by Gasteiger charge is 2.10. The van der Waals surface area contributed by atoms with Crippen LogP contribution in [0.2, 0.25) is 5.02 Å². The molecule has 0 amide bonds. The Morgan fingerprint density at radius 2 is 1.90 bits per heavy atom.